The number of nitrogens with one attached hydrogen (secondary N) is 2. The maximum absolute atomic E-state index is 11.5. The van der Waals surface area contributed by atoms with Gasteiger partial charge < -0.3 is 0 Å². The molecular weight excluding hydrogens is 196 g/mol. The SMILES string of the molecule is Cc1nc(C(=O)Nc2ncccn2)n[nH]1. The van der Waals surface area contributed by atoms with Gasteiger partial charge in [-0.1, -0.05) is 0 Å². The number of aryl methyl sites for hydroxylation is 1. The van der Waals surface area contributed by atoms with Gasteiger partial charge in [-0.2, -0.15) is 0 Å². The second-order valence-corrected chi connectivity index (χ2v) is 2.77. The van der Waals surface area contributed by atoms with Gasteiger partial charge in [0.1, 0.15) is 5.82 Å². The minimum atomic E-state index is -0.439. The number of carbonyl (C=O) groups excluding carboxylic acids is 1. The molecule has 0 bridgehead atoms. The lowest BCUT2D eigenvalue weighted by Crippen LogP contribution is -2.15. The topological polar surface area (TPSA) is 96.5 Å². The van der Waals surface area contributed by atoms with Crippen LogP contribution in [0.3, 0.4) is 0 Å². The molecule has 2 heterocycles. The zero-order valence-corrected chi connectivity index (χ0v) is 7.93. The molecule has 76 valence electrons. The fourth-order valence-corrected chi connectivity index (χ4v) is 0.965. The molecule has 0 saturated carbocycles. The van der Waals surface area contributed by atoms with Crippen molar-refractivity contribution in [3.05, 3.63) is 30.1 Å². The Balaban J connectivity index is 2.11. The van der Waals surface area contributed by atoms with Crippen LogP contribution in [0.1, 0.15) is 16.4 Å². The van der Waals surface area contributed by atoms with Gasteiger partial charge in [0.15, 0.2) is 0 Å². The molecule has 2 aromatic rings. The highest BCUT2D eigenvalue weighted by atomic mass is 16.2. The summed E-state index contributed by atoms with van der Waals surface area (Å²) in [5, 5.41) is 8.75. The summed E-state index contributed by atoms with van der Waals surface area (Å²) in [5.74, 6) is 0.435. The predicted octanol–water partition coefficient (Wildman–Crippen LogP) is 0.155. The average Bonchev–Trinajstić information content (AvgIpc) is 2.66. The van der Waals surface area contributed by atoms with Crippen molar-refractivity contribution in [1.29, 1.82) is 0 Å². The van der Waals surface area contributed by atoms with Crippen LogP contribution in [0.15, 0.2) is 18.5 Å². The van der Waals surface area contributed by atoms with Crippen molar-refractivity contribution in [3.63, 3.8) is 0 Å². The minimum Gasteiger partial charge on any atom is -0.288 e. The van der Waals surface area contributed by atoms with Crippen LogP contribution in [0.5, 0.6) is 0 Å². The highest BCUT2D eigenvalue weighted by Crippen LogP contribution is 1.98. The second-order valence-electron chi connectivity index (χ2n) is 2.77. The number of rotatable bonds is 2. The summed E-state index contributed by atoms with van der Waals surface area (Å²) in [4.78, 5) is 23.0. The summed E-state index contributed by atoms with van der Waals surface area (Å²) in [6.45, 7) is 1.71. The Kier molecular flexibility index (Phi) is 2.36. The van der Waals surface area contributed by atoms with E-state index < -0.39 is 5.91 Å². The van der Waals surface area contributed by atoms with Gasteiger partial charge in [-0.3, -0.25) is 15.2 Å². The molecule has 0 atom stereocenters. The van der Waals surface area contributed by atoms with E-state index in [-0.39, 0.29) is 11.8 Å². The number of carbonyl (C=O) groups is 1. The highest BCUT2D eigenvalue weighted by Gasteiger charge is 2.11. The van der Waals surface area contributed by atoms with Crippen LogP contribution in [-0.2, 0) is 0 Å². The van der Waals surface area contributed by atoms with E-state index in [0.717, 1.165) is 0 Å². The first-order valence-electron chi connectivity index (χ1n) is 4.23. The van der Waals surface area contributed by atoms with Crippen molar-refractivity contribution < 1.29 is 4.79 Å². The van der Waals surface area contributed by atoms with Gasteiger partial charge in [0, 0.05) is 12.4 Å². The lowest BCUT2D eigenvalue weighted by molar-refractivity contribution is 0.101. The number of amides is 1. The van der Waals surface area contributed by atoms with E-state index in [4.69, 9.17) is 0 Å². The van der Waals surface area contributed by atoms with Crippen LogP contribution < -0.4 is 5.32 Å². The minimum absolute atomic E-state index is 0.0694. The summed E-state index contributed by atoms with van der Waals surface area (Å²) in [6, 6.07) is 1.66. The summed E-state index contributed by atoms with van der Waals surface area (Å²) in [7, 11) is 0. The molecule has 0 saturated heterocycles. The Labute approximate surface area is 85.0 Å². The molecule has 0 spiro atoms. The number of H-pyrrole nitrogens is 1. The molecular formula is C8H8N6O. The zero-order chi connectivity index (χ0) is 10.7. The van der Waals surface area contributed by atoms with Gasteiger partial charge in [-0.05, 0) is 13.0 Å². The summed E-state index contributed by atoms with van der Waals surface area (Å²) in [5.41, 5.74) is 0. The third-order valence-corrected chi connectivity index (χ3v) is 1.59. The number of hydrogen-bond acceptors (Lipinski definition) is 5. The van der Waals surface area contributed by atoms with Crippen LogP contribution in [0, 0.1) is 6.92 Å². The van der Waals surface area contributed by atoms with Crippen molar-refractivity contribution in [2.75, 3.05) is 5.32 Å². The van der Waals surface area contributed by atoms with E-state index in [0.29, 0.717) is 5.82 Å². The van der Waals surface area contributed by atoms with E-state index in [9.17, 15) is 4.79 Å². The number of hydrogen-bond donors (Lipinski definition) is 2. The molecule has 2 aromatic heterocycles. The van der Waals surface area contributed by atoms with Gasteiger partial charge in [-0.25, -0.2) is 15.0 Å². The van der Waals surface area contributed by atoms with E-state index in [1.807, 2.05) is 0 Å². The molecule has 0 unspecified atom stereocenters. The Morgan fingerprint density at radius 2 is 2.13 bits per heavy atom. The third kappa shape index (κ3) is 2.13. The number of anilines is 1. The normalized spacial score (nSPS) is 9.93. The Morgan fingerprint density at radius 1 is 1.40 bits per heavy atom. The summed E-state index contributed by atoms with van der Waals surface area (Å²) in [6.07, 6.45) is 3.07. The summed E-state index contributed by atoms with van der Waals surface area (Å²) < 4.78 is 0. The molecule has 0 fully saturated rings. The largest absolute Gasteiger partial charge is 0.297 e. The molecule has 2 rings (SSSR count). The summed E-state index contributed by atoms with van der Waals surface area (Å²) >= 11 is 0. The third-order valence-electron chi connectivity index (χ3n) is 1.59. The molecule has 1 amide bonds. The first-order chi connectivity index (χ1) is 7.25. The Morgan fingerprint density at radius 3 is 2.73 bits per heavy atom. The van der Waals surface area contributed by atoms with Crippen molar-refractivity contribution in [3.8, 4) is 0 Å². The standard InChI is InChI=1S/C8H8N6O/c1-5-11-6(14-13-5)7(15)12-8-9-3-2-4-10-8/h2-4H,1H3,(H,11,13,14)(H,9,10,12,15). The molecule has 0 aliphatic rings. The number of aromatic amines is 1. The Bertz CT molecular complexity index is 465. The molecule has 0 aromatic carbocycles. The molecule has 15 heavy (non-hydrogen) atoms. The monoisotopic (exact) mass is 204 g/mol. The second kappa shape index (κ2) is 3.82. The van der Waals surface area contributed by atoms with Crippen molar-refractivity contribution in [2.45, 2.75) is 6.92 Å². The zero-order valence-electron chi connectivity index (χ0n) is 7.93. The quantitative estimate of drug-likeness (QED) is 0.726. The molecule has 0 aliphatic heterocycles. The molecule has 0 aliphatic carbocycles. The van der Waals surface area contributed by atoms with Crippen LogP contribution in [-0.4, -0.2) is 31.1 Å². The van der Waals surface area contributed by atoms with Gasteiger partial charge in [0.25, 0.3) is 5.91 Å². The van der Waals surface area contributed by atoms with Crippen molar-refractivity contribution in [1.82, 2.24) is 25.1 Å². The first-order valence-corrected chi connectivity index (χ1v) is 4.23. The first kappa shape index (κ1) is 9.25. The number of aromatic nitrogens is 5. The lowest BCUT2D eigenvalue weighted by Gasteiger charge is -1.97. The Hall–Kier alpha value is -2.31. The highest BCUT2D eigenvalue weighted by molar-refractivity contribution is 6.00. The van der Waals surface area contributed by atoms with Gasteiger partial charge in [0.05, 0.1) is 0 Å². The fourth-order valence-electron chi connectivity index (χ4n) is 0.965. The van der Waals surface area contributed by atoms with Crippen LogP contribution in [0.4, 0.5) is 5.95 Å². The average molecular weight is 204 g/mol. The van der Waals surface area contributed by atoms with Crippen LogP contribution >= 0.6 is 0 Å². The molecule has 7 nitrogen and oxygen atoms in total. The molecule has 0 radical (unpaired) electrons. The van der Waals surface area contributed by atoms with E-state index in [1.165, 1.54) is 12.4 Å². The van der Waals surface area contributed by atoms with Gasteiger partial charge >= 0.3 is 0 Å². The maximum atomic E-state index is 11.5. The van der Waals surface area contributed by atoms with Crippen LogP contribution in [0.25, 0.3) is 0 Å². The number of nitrogens with zero attached hydrogens (tertiary/aromatic N) is 4. The lowest BCUT2D eigenvalue weighted by atomic mass is 10.5. The fraction of sp³-hybridized carbons (Fsp3) is 0.125. The van der Waals surface area contributed by atoms with Gasteiger partial charge in [-0.15, -0.1) is 5.10 Å². The maximum Gasteiger partial charge on any atom is 0.297 e. The van der Waals surface area contributed by atoms with Crippen LogP contribution in [0.2, 0.25) is 0 Å². The smallest absolute Gasteiger partial charge is 0.288 e. The molecule has 7 heteroatoms. The van der Waals surface area contributed by atoms with E-state index in [1.54, 1.807) is 13.0 Å². The predicted molar refractivity (Wildman–Crippen MR) is 51.1 cm³/mol. The van der Waals surface area contributed by atoms with Crippen molar-refractivity contribution >= 4 is 11.9 Å². The van der Waals surface area contributed by atoms with E-state index >= 15 is 0 Å². The van der Waals surface area contributed by atoms with E-state index in [2.05, 4.69) is 30.5 Å². The van der Waals surface area contributed by atoms with Crippen molar-refractivity contribution in [2.24, 2.45) is 0 Å². The van der Waals surface area contributed by atoms with Gasteiger partial charge in [0.2, 0.25) is 11.8 Å². The molecule has 2 N–H and O–H groups in total.